The predicted molar refractivity (Wildman–Crippen MR) is 85.4 cm³/mol. The zero-order valence-electron chi connectivity index (χ0n) is 12.6. The Morgan fingerprint density at radius 3 is 2.57 bits per heavy atom. The first-order valence-electron chi connectivity index (χ1n) is 6.95. The minimum Gasteiger partial charge on any atom is -0.354 e. The third-order valence-electron chi connectivity index (χ3n) is 2.76. The highest BCUT2D eigenvalue weighted by molar-refractivity contribution is 6.30. The number of amides is 2. The van der Waals surface area contributed by atoms with E-state index in [9.17, 15) is 9.59 Å². The van der Waals surface area contributed by atoms with Crippen molar-refractivity contribution in [1.29, 1.82) is 0 Å². The quantitative estimate of drug-likeness (QED) is 0.721. The molecule has 1 unspecified atom stereocenters. The lowest BCUT2D eigenvalue weighted by molar-refractivity contribution is -0.123. The molecule has 0 aliphatic rings. The van der Waals surface area contributed by atoms with E-state index in [0.29, 0.717) is 23.2 Å². The Kier molecular flexibility index (Phi) is 7.19. The van der Waals surface area contributed by atoms with Crippen LogP contribution in [0.15, 0.2) is 24.3 Å². The summed E-state index contributed by atoms with van der Waals surface area (Å²) in [6, 6.07) is 6.49. The lowest BCUT2D eigenvalue weighted by atomic mass is 10.2. The van der Waals surface area contributed by atoms with Crippen molar-refractivity contribution >= 4 is 29.1 Å². The number of nitrogens with one attached hydrogen (secondary N) is 3. The highest BCUT2D eigenvalue weighted by Gasteiger charge is 2.13. The molecule has 0 aliphatic carbocycles. The fraction of sp³-hybridized carbons (Fsp3) is 0.467. The summed E-state index contributed by atoms with van der Waals surface area (Å²) in [6.45, 7) is 6.46. The molecule has 1 aromatic rings. The van der Waals surface area contributed by atoms with Crippen LogP contribution in [-0.4, -0.2) is 30.9 Å². The molecule has 0 saturated heterocycles. The number of carbonyl (C=O) groups excluding carboxylic acids is 2. The van der Waals surface area contributed by atoms with Crippen molar-refractivity contribution in [1.82, 2.24) is 10.6 Å². The van der Waals surface area contributed by atoms with Gasteiger partial charge in [0.2, 0.25) is 11.8 Å². The van der Waals surface area contributed by atoms with Crippen molar-refractivity contribution in [2.75, 3.05) is 18.4 Å². The normalized spacial score (nSPS) is 12.0. The van der Waals surface area contributed by atoms with Crippen molar-refractivity contribution in [2.45, 2.75) is 26.8 Å². The van der Waals surface area contributed by atoms with Gasteiger partial charge in [0.25, 0.3) is 0 Å². The Morgan fingerprint density at radius 2 is 1.95 bits per heavy atom. The number of carbonyl (C=O) groups is 2. The molecule has 1 rings (SSSR count). The monoisotopic (exact) mass is 311 g/mol. The van der Waals surface area contributed by atoms with Gasteiger partial charge >= 0.3 is 0 Å². The van der Waals surface area contributed by atoms with E-state index in [2.05, 4.69) is 16.0 Å². The summed E-state index contributed by atoms with van der Waals surface area (Å²) in [6.07, 6.45) is 0. The molecule has 1 atom stereocenters. The zero-order valence-corrected chi connectivity index (χ0v) is 13.3. The Hall–Kier alpha value is -1.59. The molecule has 0 saturated carbocycles. The van der Waals surface area contributed by atoms with Gasteiger partial charge in [-0.2, -0.15) is 0 Å². The Bertz CT molecular complexity index is 492. The second kappa shape index (κ2) is 8.64. The van der Waals surface area contributed by atoms with Crippen molar-refractivity contribution in [3.63, 3.8) is 0 Å². The predicted octanol–water partition coefficient (Wildman–Crippen LogP) is 2.03. The maximum Gasteiger partial charge on any atom is 0.238 e. The summed E-state index contributed by atoms with van der Waals surface area (Å²) in [7, 11) is 0. The first kappa shape index (κ1) is 17.5. The second-order valence-electron chi connectivity index (χ2n) is 5.30. The van der Waals surface area contributed by atoms with E-state index >= 15 is 0 Å². The number of anilines is 1. The standard InChI is InChI=1S/C15H22ClN3O2/c1-10(2)8-18-15(21)11(3)17-9-14(20)19-13-6-4-5-12(16)7-13/h4-7,10-11,17H,8-9H2,1-3H3,(H,18,21)(H,19,20). The molecule has 0 heterocycles. The van der Waals surface area contributed by atoms with Crippen LogP contribution in [0.1, 0.15) is 20.8 Å². The number of benzene rings is 1. The summed E-state index contributed by atoms with van der Waals surface area (Å²) in [5, 5.41) is 8.96. The first-order chi connectivity index (χ1) is 9.88. The largest absolute Gasteiger partial charge is 0.354 e. The fourth-order valence-electron chi connectivity index (χ4n) is 1.57. The first-order valence-corrected chi connectivity index (χ1v) is 7.32. The van der Waals surface area contributed by atoms with E-state index in [4.69, 9.17) is 11.6 Å². The molecule has 2 amide bonds. The molecular formula is C15H22ClN3O2. The molecule has 0 aliphatic heterocycles. The smallest absolute Gasteiger partial charge is 0.238 e. The molecule has 0 bridgehead atoms. The lowest BCUT2D eigenvalue weighted by Gasteiger charge is -2.15. The molecule has 0 radical (unpaired) electrons. The maximum absolute atomic E-state index is 11.8. The third-order valence-corrected chi connectivity index (χ3v) is 2.99. The molecular weight excluding hydrogens is 290 g/mol. The van der Waals surface area contributed by atoms with Gasteiger partial charge in [0, 0.05) is 17.3 Å². The fourth-order valence-corrected chi connectivity index (χ4v) is 1.76. The number of halogens is 1. The van der Waals surface area contributed by atoms with Crippen LogP contribution in [0.3, 0.4) is 0 Å². The van der Waals surface area contributed by atoms with Crippen LogP contribution < -0.4 is 16.0 Å². The molecule has 0 spiro atoms. The van der Waals surface area contributed by atoms with Gasteiger partial charge < -0.3 is 10.6 Å². The van der Waals surface area contributed by atoms with Crippen LogP contribution >= 0.6 is 11.6 Å². The molecule has 5 nitrogen and oxygen atoms in total. The van der Waals surface area contributed by atoms with E-state index in [1.807, 2.05) is 13.8 Å². The summed E-state index contributed by atoms with van der Waals surface area (Å²) in [5.41, 5.74) is 0.631. The van der Waals surface area contributed by atoms with Crippen molar-refractivity contribution in [3.05, 3.63) is 29.3 Å². The minimum atomic E-state index is -0.422. The van der Waals surface area contributed by atoms with E-state index < -0.39 is 6.04 Å². The van der Waals surface area contributed by atoms with Crippen LogP contribution in [-0.2, 0) is 9.59 Å². The van der Waals surface area contributed by atoms with E-state index in [0.717, 1.165) is 0 Å². The van der Waals surface area contributed by atoms with Gasteiger partial charge in [0.15, 0.2) is 0 Å². The highest BCUT2D eigenvalue weighted by atomic mass is 35.5. The highest BCUT2D eigenvalue weighted by Crippen LogP contribution is 2.14. The molecule has 3 N–H and O–H groups in total. The molecule has 21 heavy (non-hydrogen) atoms. The maximum atomic E-state index is 11.8. The van der Waals surface area contributed by atoms with Crippen LogP contribution in [0.25, 0.3) is 0 Å². The molecule has 1 aromatic carbocycles. The topological polar surface area (TPSA) is 70.2 Å². The minimum absolute atomic E-state index is 0.0583. The van der Waals surface area contributed by atoms with Gasteiger partial charge in [-0.05, 0) is 31.0 Å². The third kappa shape index (κ3) is 7.11. The van der Waals surface area contributed by atoms with Crippen molar-refractivity contribution < 1.29 is 9.59 Å². The van der Waals surface area contributed by atoms with Gasteiger partial charge in [-0.3, -0.25) is 14.9 Å². The Labute approximate surface area is 130 Å². The lowest BCUT2D eigenvalue weighted by Crippen LogP contribution is -2.45. The summed E-state index contributed by atoms with van der Waals surface area (Å²) < 4.78 is 0. The molecule has 0 fully saturated rings. The van der Waals surface area contributed by atoms with Gasteiger partial charge in [0.1, 0.15) is 0 Å². The van der Waals surface area contributed by atoms with E-state index in [-0.39, 0.29) is 18.4 Å². The number of hydrogen-bond donors (Lipinski definition) is 3. The Balaban J connectivity index is 2.33. The van der Waals surface area contributed by atoms with Crippen LogP contribution in [0, 0.1) is 5.92 Å². The van der Waals surface area contributed by atoms with E-state index in [1.54, 1.807) is 31.2 Å². The zero-order chi connectivity index (χ0) is 15.8. The molecule has 116 valence electrons. The van der Waals surface area contributed by atoms with Crippen LogP contribution in [0.4, 0.5) is 5.69 Å². The molecule has 0 aromatic heterocycles. The number of hydrogen-bond acceptors (Lipinski definition) is 3. The van der Waals surface area contributed by atoms with Gasteiger partial charge in [-0.25, -0.2) is 0 Å². The van der Waals surface area contributed by atoms with Crippen molar-refractivity contribution in [2.24, 2.45) is 5.92 Å². The average Bonchev–Trinajstić information content (AvgIpc) is 2.42. The van der Waals surface area contributed by atoms with Crippen molar-refractivity contribution in [3.8, 4) is 0 Å². The van der Waals surface area contributed by atoms with Crippen LogP contribution in [0.2, 0.25) is 5.02 Å². The average molecular weight is 312 g/mol. The number of rotatable bonds is 7. The van der Waals surface area contributed by atoms with Crippen LogP contribution in [0.5, 0.6) is 0 Å². The van der Waals surface area contributed by atoms with E-state index in [1.165, 1.54) is 0 Å². The molecule has 6 heteroatoms. The Morgan fingerprint density at radius 1 is 1.24 bits per heavy atom. The van der Waals surface area contributed by atoms with Gasteiger partial charge in [-0.1, -0.05) is 31.5 Å². The second-order valence-corrected chi connectivity index (χ2v) is 5.74. The van der Waals surface area contributed by atoms with Gasteiger partial charge in [-0.15, -0.1) is 0 Å². The SMILES string of the molecule is CC(C)CNC(=O)C(C)NCC(=O)Nc1cccc(Cl)c1. The summed E-state index contributed by atoms with van der Waals surface area (Å²) in [4.78, 5) is 23.5. The van der Waals surface area contributed by atoms with Gasteiger partial charge in [0.05, 0.1) is 12.6 Å². The summed E-state index contributed by atoms with van der Waals surface area (Å²) >= 11 is 5.84. The summed E-state index contributed by atoms with van der Waals surface area (Å²) in [5.74, 6) is 0.0623.